The van der Waals surface area contributed by atoms with Crippen molar-refractivity contribution in [3.63, 3.8) is 0 Å². The van der Waals surface area contributed by atoms with E-state index in [1.807, 2.05) is 24.3 Å². The second-order valence-electron chi connectivity index (χ2n) is 8.86. The lowest BCUT2D eigenvalue weighted by atomic mass is 9.93. The molecule has 5 aromatic rings. The molecule has 2 aromatic heterocycles. The van der Waals surface area contributed by atoms with Gasteiger partial charge < -0.3 is 15.0 Å². The summed E-state index contributed by atoms with van der Waals surface area (Å²) in [6.07, 6.45) is 1.62. The highest BCUT2D eigenvalue weighted by molar-refractivity contribution is 6.15. The highest BCUT2D eigenvalue weighted by atomic mass is 19.1. The van der Waals surface area contributed by atoms with Gasteiger partial charge in [0.25, 0.3) is 11.8 Å². The van der Waals surface area contributed by atoms with Crippen LogP contribution in [0, 0.1) is 5.82 Å². The molecule has 0 aliphatic carbocycles. The van der Waals surface area contributed by atoms with Crippen molar-refractivity contribution >= 4 is 45.0 Å². The van der Waals surface area contributed by atoms with Crippen molar-refractivity contribution in [3.05, 3.63) is 96.1 Å². The van der Waals surface area contributed by atoms with Crippen molar-refractivity contribution in [3.8, 4) is 5.75 Å². The van der Waals surface area contributed by atoms with Gasteiger partial charge in [-0.25, -0.2) is 9.37 Å². The standard InChI is InChI=1S/C28H21FN4O3/c1-28(32-26(34)23-14-20-19-5-3-4-6-22(19)31-24(20)15-30-23)21-13-18(36-2)11-12-25(21)33(27(28)35)17-9-7-16(29)8-10-17/h3-15,31H,1-2H3,(H,32,34)/t28-/m0/s1. The monoisotopic (exact) mass is 480 g/mol. The van der Waals surface area contributed by atoms with E-state index in [1.54, 1.807) is 37.4 Å². The van der Waals surface area contributed by atoms with E-state index in [4.69, 9.17) is 4.74 Å². The van der Waals surface area contributed by atoms with Crippen molar-refractivity contribution < 1.29 is 18.7 Å². The van der Waals surface area contributed by atoms with Gasteiger partial charge in [-0.3, -0.25) is 14.5 Å². The molecular weight excluding hydrogens is 459 g/mol. The number of nitrogens with zero attached hydrogens (tertiary/aromatic N) is 2. The molecule has 0 saturated carbocycles. The van der Waals surface area contributed by atoms with E-state index >= 15 is 0 Å². The summed E-state index contributed by atoms with van der Waals surface area (Å²) >= 11 is 0. The number of aromatic nitrogens is 2. The number of hydrogen-bond donors (Lipinski definition) is 2. The number of halogens is 1. The first kappa shape index (κ1) is 21.8. The minimum Gasteiger partial charge on any atom is -0.497 e. The van der Waals surface area contributed by atoms with Crippen LogP contribution in [0.4, 0.5) is 15.8 Å². The summed E-state index contributed by atoms with van der Waals surface area (Å²) in [7, 11) is 1.53. The largest absolute Gasteiger partial charge is 0.497 e. The molecule has 1 atom stereocenters. The molecule has 7 nitrogen and oxygen atoms in total. The fourth-order valence-electron chi connectivity index (χ4n) is 4.82. The molecule has 6 rings (SSSR count). The number of aromatic amines is 1. The van der Waals surface area contributed by atoms with Crippen LogP contribution >= 0.6 is 0 Å². The maximum atomic E-state index is 13.8. The molecule has 0 saturated heterocycles. The predicted octanol–water partition coefficient (Wildman–Crippen LogP) is 5.19. The molecule has 1 aliphatic heterocycles. The first-order chi connectivity index (χ1) is 17.4. The summed E-state index contributed by atoms with van der Waals surface area (Å²) in [5.41, 5.74) is 2.17. The van der Waals surface area contributed by atoms with E-state index in [0.29, 0.717) is 22.7 Å². The van der Waals surface area contributed by atoms with Crippen LogP contribution in [0.3, 0.4) is 0 Å². The molecular formula is C28H21FN4O3. The van der Waals surface area contributed by atoms with Crippen molar-refractivity contribution in [2.75, 3.05) is 12.0 Å². The number of fused-ring (bicyclic) bond motifs is 4. The number of anilines is 2. The first-order valence-electron chi connectivity index (χ1n) is 11.4. The molecule has 0 unspecified atom stereocenters. The smallest absolute Gasteiger partial charge is 0.271 e. The molecule has 0 fully saturated rings. The number of amides is 2. The molecule has 8 heteroatoms. The van der Waals surface area contributed by atoms with E-state index in [2.05, 4.69) is 15.3 Å². The molecule has 2 N–H and O–H groups in total. The van der Waals surface area contributed by atoms with Crippen LogP contribution in [0.1, 0.15) is 23.0 Å². The minimum absolute atomic E-state index is 0.186. The van der Waals surface area contributed by atoms with E-state index < -0.39 is 17.3 Å². The fourth-order valence-corrected chi connectivity index (χ4v) is 4.82. The normalized spacial score (nSPS) is 17.0. The van der Waals surface area contributed by atoms with Gasteiger partial charge in [0.15, 0.2) is 0 Å². The number of pyridine rings is 1. The summed E-state index contributed by atoms with van der Waals surface area (Å²) in [6.45, 7) is 1.65. The van der Waals surface area contributed by atoms with Crippen LogP contribution in [0.15, 0.2) is 79.0 Å². The summed E-state index contributed by atoms with van der Waals surface area (Å²) in [6, 6.07) is 20.4. The number of rotatable bonds is 4. The number of ether oxygens (including phenoxy) is 1. The number of para-hydroxylation sites is 1. The average Bonchev–Trinajstić information content (AvgIpc) is 3.37. The topological polar surface area (TPSA) is 87.3 Å². The molecule has 2 amide bonds. The SMILES string of the molecule is COc1ccc2c(c1)[C@](C)(NC(=O)c1cc3c(cn1)[nH]c1ccccc13)C(=O)N2c1ccc(F)cc1. The number of hydrogen-bond acceptors (Lipinski definition) is 4. The minimum atomic E-state index is -1.41. The van der Waals surface area contributed by atoms with Crippen LogP contribution in [0.5, 0.6) is 5.75 Å². The zero-order chi connectivity index (χ0) is 25.0. The quantitative estimate of drug-likeness (QED) is 0.371. The Balaban J connectivity index is 1.42. The van der Waals surface area contributed by atoms with Crippen molar-refractivity contribution in [2.45, 2.75) is 12.5 Å². The maximum absolute atomic E-state index is 13.8. The van der Waals surface area contributed by atoms with Crippen LogP contribution in [0.2, 0.25) is 0 Å². The Hall–Kier alpha value is -4.72. The fraction of sp³-hybridized carbons (Fsp3) is 0.107. The Bertz CT molecular complexity index is 1680. The Labute approximate surface area is 205 Å². The Morgan fingerprint density at radius 1 is 1.03 bits per heavy atom. The highest BCUT2D eigenvalue weighted by Crippen LogP contribution is 2.45. The third kappa shape index (κ3) is 3.22. The van der Waals surface area contributed by atoms with Gasteiger partial charge in [0.05, 0.1) is 24.5 Å². The number of methoxy groups -OCH3 is 1. The van der Waals surface area contributed by atoms with Crippen LogP contribution < -0.4 is 15.0 Å². The lowest BCUT2D eigenvalue weighted by Gasteiger charge is -2.26. The van der Waals surface area contributed by atoms with Gasteiger partial charge in [0.1, 0.15) is 22.8 Å². The Kier molecular flexibility index (Phi) is 4.79. The van der Waals surface area contributed by atoms with E-state index in [0.717, 1.165) is 21.8 Å². The van der Waals surface area contributed by atoms with Crippen LogP contribution in [-0.2, 0) is 10.3 Å². The second-order valence-corrected chi connectivity index (χ2v) is 8.86. The lowest BCUT2D eigenvalue weighted by Crippen LogP contribution is -2.50. The number of benzene rings is 3. The third-order valence-electron chi connectivity index (χ3n) is 6.69. The van der Waals surface area contributed by atoms with E-state index in [9.17, 15) is 14.0 Å². The molecule has 0 radical (unpaired) electrons. The summed E-state index contributed by atoms with van der Waals surface area (Å²) in [5.74, 6) is -0.733. The number of carbonyl (C=O) groups excluding carboxylic acids is 2. The number of H-pyrrole nitrogens is 1. The number of nitrogens with one attached hydrogen (secondary N) is 2. The Morgan fingerprint density at radius 3 is 2.58 bits per heavy atom. The summed E-state index contributed by atoms with van der Waals surface area (Å²) in [4.78, 5) is 36.4. The molecule has 0 bridgehead atoms. The van der Waals surface area contributed by atoms with Crippen LogP contribution in [-0.4, -0.2) is 28.9 Å². The summed E-state index contributed by atoms with van der Waals surface area (Å²) < 4.78 is 19.0. The second kappa shape index (κ2) is 7.91. The zero-order valence-corrected chi connectivity index (χ0v) is 19.5. The van der Waals surface area contributed by atoms with Gasteiger partial charge in [-0.05, 0) is 61.5 Å². The van der Waals surface area contributed by atoms with Crippen LogP contribution in [0.25, 0.3) is 21.8 Å². The predicted molar refractivity (Wildman–Crippen MR) is 135 cm³/mol. The van der Waals surface area contributed by atoms with Gasteiger partial charge >= 0.3 is 0 Å². The van der Waals surface area contributed by atoms with Crippen molar-refractivity contribution in [1.82, 2.24) is 15.3 Å². The molecule has 3 heterocycles. The molecule has 178 valence electrons. The van der Waals surface area contributed by atoms with Gasteiger partial charge in [-0.2, -0.15) is 0 Å². The molecule has 1 aliphatic rings. The van der Waals surface area contributed by atoms with Gasteiger partial charge in [-0.15, -0.1) is 0 Å². The van der Waals surface area contributed by atoms with E-state index in [1.165, 1.54) is 36.3 Å². The number of carbonyl (C=O) groups is 2. The molecule has 3 aromatic carbocycles. The molecule has 0 spiro atoms. The first-order valence-corrected chi connectivity index (χ1v) is 11.4. The zero-order valence-electron chi connectivity index (χ0n) is 19.5. The maximum Gasteiger partial charge on any atom is 0.271 e. The average molecular weight is 480 g/mol. The van der Waals surface area contributed by atoms with Gasteiger partial charge in [0.2, 0.25) is 0 Å². The Morgan fingerprint density at radius 2 is 1.81 bits per heavy atom. The molecule has 36 heavy (non-hydrogen) atoms. The third-order valence-corrected chi connectivity index (χ3v) is 6.69. The summed E-state index contributed by atoms with van der Waals surface area (Å²) in [5, 5.41) is 4.75. The lowest BCUT2D eigenvalue weighted by molar-refractivity contribution is -0.122. The van der Waals surface area contributed by atoms with Crippen molar-refractivity contribution in [2.24, 2.45) is 0 Å². The van der Waals surface area contributed by atoms with Gasteiger partial charge in [0, 0.05) is 27.5 Å². The van der Waals surface area contributed by atoms with Crippen molar-refractivity contribution in [1.29, 1.82) is 0 Å². The highest BCUT2D eigenvalue weighted by Gasteiger charge is 2.49. The van der Waals surface area contributed by atoms with Gasteiger partial charge in [-0.1, -0.05) is 18.2 Å². The van der Waals surface area contributed by atoms with E-state index in [-0.39, 0.29) is 11.6 Å².